The standard InChI is InChI=1S/C14H16N4OS/c19-13(11-2-1-5-15-8-11)17-18-14(20)16-12-7-9-3-4-10(12)6-9/h1-5,8-10,12H,6-7H2,(H,17,19)(H2,16,18,20)/t9-,10-,12-/m1/s1. The number of amides is 1. The summed E-state index contributed by atoms with van der Waals surface area (Å²) in [4.78, 5) is 15.7. The van der Waals surface area contributed by atoms with Crippen molar-refractivity contribution < 1.29 is 4.79 Å². The van der Waals surface area contributed by atoms with Gasteiger partial charge >= 0.3 is 0 Å². The second kappa shape index (κ2) is 5.58. The third kappa shape index (κ3) is 2.80. The first-order chi connectivity index (χ1) is 9.72. The van der Waals surface area contributed by atoms with Gasteiger partial charge in [-0.05, 0) is 49.0 Å². The largest absolute Gasteiger partial charge is 0.358 e. The molecule has 2 aliphatic carbocycles. The lowest BCUT2D eigenvalue weighted by atomic mass is 10.0. The van der Waals surface area contributed by atoms with E-state index in [4.69, 9.17) is 12.2 Å². The van der Waals surface area contributed by atoms with E-state index in [0.717, 1.165) is 6.42 Å². The second-order valence-corrected chi connectivity index (χ2v) is 5.59. The maximum atomic E-state index is 11.8. The van der Waals surface area contributed by atoms with E-state index in [1.165, 1.54) is 12.6 Å². The van der Waals surface area contributed by atoms with Gasteiger partial charge in [0, 0.05) is 18.4 Å². The summed E-state index contributed by atoms with van der Waals surface area (Å²) in [6.07, 6.45) is 9.99. The van der Waals surface area contributed by atoms with E-state index < -0.39 is 0 Å². The third-order valence-corrected chi connectivity index (χ3v) is 4.03. The van der Waals surface area contributed by atoms with Crippen molar-refractivity contribution in [3.8, 4) is 0 Å². The Morgan fingerprint density at radius 1 is 1.30 bits per heavy atom. The number of carbonyl (C=O) groups is 1. The molecule has 1 aromatic rings. The van der Waals surface area contributed by atoms with Crippen molar-refractivity contribution in [3.63, 3.8) is 0 Å². The van der Waals surface area contributed by atoms with Gasteiger partial charge in [0.25, 0.3) is 5.91 Å². The summed E-state index contributed by atoms with van der Waals surface area (Å²) in [5.74, 6) is 0.995. The second-order valence-electron chi connectivity index (χ2n) is 5.18. The van der Waals surface area contributed by atoms with Crippen LogP contribution in [0.3, 0.4) is 0 Å². The molecular formula is C14H16N4OS. The molecule has 20 heavy (non-hydrogen) atoms. The van der Waals surface area contributed by atoms with E-state index in [-0.39, 0.29) is 5.91 Å². The van der Waals surface area contributed by atoms with Crippen molar-refractivity contribution in [2.45, 2.75) is 18.9 Å². The molecule has 0 unspecified atom stereocenters. The maximum absolute atomic E-state index is 11.8. The molecule has 1 aromatic heterocycles. The zero-order valence-electron chi connectivity index (χ0n) is 10.9. The van der Waals surface area contributed by atoms with Gasteiger partial charge < -0.3 is 5.32 Å². The molecule has 0 saturated heterocycles. The Balaban J connectivity index is 1.46. The highest BCUT2D eigenvalue weighted by Gasteiger charge is 2.35. The monoisotopic (exact) mass is 288 g/mol. The van der Waals surface area contributed by atoms with E-state index in [1.54, 1.807) is 18.3 Å². The van der Waals surface area contributed by atoms with Crippen LogP contribution in [0.5, 0.6) is 0 Å². The first kappa shape index (κ1) is 13.1. The van der Waals surface area contributed by atoms with Crippen molar-refractivity contribution >= 4 is 23.2 Å². The topological polar surface area (TPSA) is 66.1 Å². The SMILES string of the molecule is O=C(NNC(=S)N[C@@H]1C[C@@H]2C=C[C@@H]1C2)c1cccnc1. The number of nitrogens with zero attached hydrogens (tertiary/aromatic N) is 1. The maximum Gasteiger partial charge on any atom is 0.271 e. The highest BCUT2D eigenvalue weighted by atomic mass is 32.1. The number of nitrogens with one attached hydrogen (secondary N) is 3. The van der Waals surface area contributed by atoms with E-state index >= 15 is 0 Å². The van der Waals surface area contributed by atoms with Gasteiger partial charge in [-0.25, -0.2) is 0 Å². The molecule has 0 spiro atoms. The minimum atomic E-state index is -0.255. The number of carbonyl (C=O) groups excluding carboxylic acids is 1. The van der Waals surface area contributed by atoms with Crippen LogP contribution in [-0.2, 0) is 0 Å². The van der Waals surface area contributed by atoms with Crippen molar-refractivity contribution in [3.05, 3.63) is 42.2 Å². The zero-order chi connectivity index (χ0) is 13.9. The fourth-order valence-electron chi connectivity index (χ4n) is 2.83. The van der Waals surface area contributed by atoms with Crippen LogP contribution in [0.4, 0.5) is 0 Å². The van der Waals surface area contributed by atoms with Crippen LogP contribution in [-0.4, -0.2) is 22.0 Å². The molecule has 0 aromatic carbocycles. The number of aromatic nitrogens is 1. The molecule has 1 fully saturated rings. The Hall–Kier alpha value is -1.95. The van der Waals surface area contributed by atoms with E-state index in [2.05, 4.69) is 33.3 Å². The molecule has 2 aliphatic rings. The number of rotatable bonds is 2. The van der Waals surface area contributed by atoms with Crippen molar-refractivity contribution in [2.75, 3.05) is 0 Å². The number of hydrazine groups is 1. The Morgan fingerprint density at radius 3 is 2.85 bits per heavy atom. The summed E-state index contributed by atoms with van der Waals surface area (Å²) in [5, 5.41) is 3.71. The van der Waals surface area contributed by atoms with Crippen molar-refractivity contribution in [1.29, 1.82) is 0 Å². The van der Waals surface area contributed by atoms with E-state index in [1.807, 2.05) is 0 Å². The highest BCUT2D eigenvalue weighted by Crippen LogP contribution is 2.38. The number of hydrogen-bond acceptors (Lipinski definition) is 3. The van der Waals surface area contributed by atoms with Gasteiger partial charge in [0.05, 0.1) is 5.56 Å². The van der Waals surface area contributed by atoms with Gasteiger partial charge in [0.15, 0.2) is 5.11 Å². The van der Waals surface area contributed by atoms with Crippen LogP contribution in [0.2, 0.25) is 0 Å². The average Bonchev–Trinajstić information content (AvgIpc) is 3.08. The summed E-state index contributed by atoms with van der Waals surface area (Å²) >= 11 is 5.20. The third-order valence-electron chi connectivity index (χ3n) is 3.81. The Bertz CT molecular complexity index is 545. The van der Waals surface area contributed by atoms with Crippen LogP contribution in [0, 0.1) is 11.8 Å². The lowest BCUT2D eigenvalue weighted by Crippen LogP contribution is -2.50. The molecule has 1 saturated carbocycles. The normalized spacial score (nSPS) is 26.3. The molecular weight excluding hydrogens is 272 g/mol. The number of pyridine rings is 1. The molecule has 0 aliphatic heterocycles. The number of hydrogen-bond donors (Lipinski definition) is 3. The molecule has 3 N–H and O–H groups in total. The van der Waals surface area contributed by atoms with Gasteiger partial charge in [-0.15, -0.1) is 0 Å². The smallest absolute Gasteiger partial charge is 0.271 e. The predicted molar refractivity (Wildman–Crippen MR) is 79.7 cm³/mol. The van der Waals surface area contributed by atoms with E-state index in [9.17, 15) is 4.79 Å². The number of allylic oxidation sites excluding steroid dienone is 1. The minimum absolute atomic E-state index is 0.255. The molecule has 1 amide bonds. The highest BCUT2D eigenvalue weighted by molar-refractivity contribution is 7.80. The van der Waals surface area contributed by atoms with Gasteiger partial charge in [-0.3, -0.25) is 20.6 Å². The van der Waals surface area contributed by atoms with E-state index in [0.29, 0.717) is 28.6 Å². The Morgan fingerprint density at radius 2 is 2.20 bits per heavy atom. The van der Waals surface area contributed by atoms with Crippen LogP contribution >= 0.6 is 12.2 Å². The Kier molecular flexibility index (Phi) is 3.64. The van der Waals surface area contributed by atoms with Gasteiger partial charge in [0.1, 0.15) is 0 Å². The molecule has 1 heterocycles. The lowest BCUT2D eigenvalue weighted by Gasteiger charge is -2.21. The van der Waals surface area contributed by atoms with Gasteiger partial charge in [0.2, 0.25) is 0 Å². The number of thiocarbonyl (C=S) groups is 1. The minimum Gasteiger partial charge on any atom is -0.358 e. The molecule has 3 atom stereocenters. The molecule has 3 rings (SSSR count). The van der Waals surface area contributed by atoms with Crippen molar-refractivity contribution in [2.24, 2.45) is 11.8 Å². The summed E-state index contributed by atoms with van der Waals surface area (Å²) in [6, 6.07) is 3.79. The molecule has 104 valence electrons. The fourth-order valence-corrected chi connectivity index (χ4v) is 3.04. The molecule has 6 heteroatoms. The van der Waals surface area contributed by atoms with Crippen LogP contribution in [0.25, 0.3) is 0 Å². The predicted octanol–water partition coefficient (Wildman–Crippen LogP) is 1.16. The van der Waals surface area contributed by atoms with Crippen LogP contribution in [0.1, 0.15) is 23.2 Å². The zero-order valence-corrected chi connectivity index (χ0v) is 11.7. The summed E-state index contributed by atoms with van der Waals surface area (Å²) in [6.45, 7) is 0. The number of fused-ring (bicyclic) bond motifs is 2. The molecule has 0 radical (unpaired) electrons. The summed E-state index contributed by atoms with van der Waals surface area (Å²) in [5.41, 5.74) is 5.79. The first-order valence-corrected chi connectivity index (χ1v) is 7.08. The average molecular weight is 288 g/mol. The summed E-state index contributed by atoms with van der Waals surface area (Å²) < 4.78 is 0. The first-order valence-electron chi connectivity index (χ1n) is 6.67. The van der Waals surface area contributed by atoms with Gasteiger partial charge in [-0.1, -0.05) is 12.2 Å². The fraction of sp³-hybridized carbons (Fsp3) is 0.357. The van der Waals surface area contributed by atoms with Gasteiger partial charge in [-0.2, -0.15) is 0 Å². The summed E-state index contributed by atoms with van der Waals surface area (Å²) in [7, 11) is 0. The lowest BCUT2D eigenvalue weighted by molar-refractivity contribution is 0.0943. The van der Waals surface area contributed by atoms with Crippen molar-refractivity contribution in [1.82, 2.24) is 21.2 Å². The quantitative estimate of drug-likeness (QED) is 0.433. The molecule has 5 nitrogen and oxygen atoms in total. The van der Waals surface area contributed by atoms with Crippen LogP contribution in [0.15, 0.2) is 36.7 Å². The van der Waals surface area contributed by atoms with Crippen LogP contribution < -0.4 is 16.2 Å². The Labute approximate surface area is 122 Å². The molecule has 2 bridgehead atoms.